The van der Waals surface area contributed by atoms with Gasteiger partial charge in [0.2, 0.25) is 0 Å². The molecule has 1 aromatic heterocycles. The number of nitrogens with zero attached hydrogens (tertiary/aromatic N) is 1. The molecule has 0 amide bonds. The van der Waals surface area contributed by atoms with Crippen LogP contribution in [0.5, 0.6) is 5.75 Å². The molecule has 0 fully saturated rings. The molecule has 1 N–H and O–H groups in total. The summed E-state index contributed by atoms with van der Waals surface area (Å²) in [5.41, 5.74) is 2.41. The Bertz CT molecular complexity index is 511. The van der Waals surface area contributed by atoms with E-state index >= 15 is 0 Å². The van der Waals surface area contributed by atoms with Crippen molar-refractivity contribution >= 4 is 11.3 Å². The Hall–Kier alpha value is -1.39. The predicted molar refractivity (Wildman–Crippen MR) is 80.0 cm³/mol. The molecule has 2 rings (SSSR count). The van der Waals surface area contributed by atoms with E-state index < -0.39 is 0 Å². The zero-order valence-corrected chi connectivity index (χ0v) is 12.5. The molecule has 1 atom stereocenters. The maximum atomic E-state index is 5.41. The molecule has 1 unspecified atom stereocenters. The van der Waals surface area contributed by atoms with Crippen LogP contribution in [0.1, 0.15) is 29.1 Å². The molecule has 0 bridgehead atoms. The number of aromatic nitrogens is 1. The minimum Gasteiger partial charge on any atom is -0.496 e. The third-order valence-electron chi connectivity index (χ3n) is 3.15. The van der Waals surface area contributed by atoms with Crippen LogP contribution in [0.25, 0.3) is 0 Å². The number of rotatable bonds is 6. The first kappa shape index (κ1) is 14.0. The molecule has 3 nitrogen and oxygen atoms in total. The Balaban J connectivity index is 2.22. The predicted octanol–water partition coefficient (Wildman–Crippen LogP) is 3.35. The van der Waals surface area contributed by atoms with Gasteiger partial charge in [-0.25, -0.2) is 4.98 Å². The van der Waals surface area contributed by atoms with E-state index in [1.54, 1.807) is 18.4 Å². The van der Waals surface area contributed by atoms with Crippen molar-refractivity contribution in [2.24, 2.45) is 0 Å². The molecule has 0 aliphatic carbocycles. The summed E-state index contributed by atoms with van der Waals surface area (Å²) in [6.45, 7) is 5.12. The van der Waals surface area contributed by atoms with Crippen LogP contribution in [0.3, 0.4) is 0 Å². The third kappa shape index (κ3) is 3.55. The zero-order chi connectivity index (χ0) is 13.7. The van der Waals surface area contributed by atoms with Gasteiger partial charge in [0, 0.05) is 24.0 Å². The number of benzene rings is 1. The van der Waals surface area contributed by atoms with E-state index in [1.165, 1.54) is 5.56 Å². The smallest absolute Gasteiger partial charge is 0.122 e. The highest BCUT2D eigenvalue weighted by atomic mass is 32.1. The summed E-state index contributed by atoms with van der Waals surface area (Å²) >= 11 is 1.70. The largest absolute Gasteiger partial charge is 0.496 e. The van der Waals surface area contributed by atoms with Crippen LogP contribution in [0.15, 0.2) is 29.8 Å². The minimum atomic E-state index is 0.283. The Labute approximate surface area is 118 Å². The van der Waals surface area contributed by atoms with Crippen molar-refractivity contribution in [3.8, 4) is 5.75 Å². The van der Waals surface area contributed by atoms with E-state index in [0.29, 0.717) is 0 Å². The summed E-state index contributed by atoms with van der Waals surface area (Å²) in [5, 5.41) is 6.70. The van der Waals surface area contributed by atoms with Gasteiger partial charge in [-0.3, -0.25) is 0 Å². The topological polar surface area (TPSA) is 34.2 Å². The second-order valence-electron chi connectivity index (χ2n) is 4.47. The maximum Gasteiger partial charge on any atom is 0.122 e. The van der Waals surface area contributed by atoms with Gasteiger partial charge in [0.05, 0.1) is 12.1 Å². The van der Waals surface area contributed by atoms with Crippen LogP contribution in [-0.2, 0) is 6.42 Å². The summed E-state index contributed by atoms with van der Waals surface area (Å²) in [6.07, 6.45) is 2.77. The monoisotopic (exact) mass is 276 g/mol. The Morgan fingerprint density at radius 1 is 1.42 bits per heavy atom. The number of nitrogens with one attached hydrogen (secondary N) is 1. The summed E-state index contributed by atoms with van der Waals surface area (Å²) in [5.74, 6) is 0.944. The number of hydrogen-bond donors (Lipinski definition) is 1. The molecule has 0 aliphatic heterocycles. The lowest BCUT2D eigenvalue weighted by molar-refractivity contribution is 0.410. The van der Waals surface area contributed by atoms with Crippen molar-refractivity contribution < 1.29 is 4.74 Å². The van der Waals surface area contributed by atoms with Gasteiger partial charge in [0.15, 0.2) is 0 Å². The number of aryl methyl sites for hydroxylation is 1. The highest BCUT2D eigenvalue weighted by molar-refractivity contribution is 7.09. The van der Waals surface area contributed by atoms with E-state index in [-0.39, 0.29) is 6.04 Å². The fraction of sp³-hybridized carbons (Fsp3) is 0.400. The van der Waals surface area contributed by atoms with Gasteiger partial charge in [-0.15, -0.1) is 11.3 Å². The van der Waals surface area contributed by atoms with Crippen LogP contribution in [-0.4, -0.2) is 18.6 Å². The number of likely N-dealkylation sites (N-methyl/N-ethyl adjacent to an activating group) is 1. The quantitative estimate of drug-likeness (QED) is 0.878. The van der Waals surface area contributed by atoms with Crippen LogP contribution in [0.4, 0.5) is 0 Å². The molecule has 4 heteroatoms. The second kappa shape index (κ2) is 6.68. The SMILES string of the molecule is CCNC(Cc1nccs1)c1ccc(C)c(OC)c1. The molecule has 2 aromatic rings. The fourth-order valence-corrected chi connectivity index (χ4v) is 2.80. The van der Waals surface area contributed by atoms with Crippen LogP contribution in [0, 0.1) is 6.92 Å². The van der Waals surface area contributed by atoms with Crippen molar-refractivity contribution in [1.29, 1.82) is 0 Å². The lowest BCUT2D eigenvalue weighted by Gasteiger charge is -2.18. The van der Waals surface area contributed by atoms with Gasteiger partial charge in [-0.05, 0) is 30.7 Å². The van der Waals surface area contributed by atoms with Crippen molar-refractivity contribution in [3.05, 3.63) is 45.9 Å². The first-order chi connectivity index (χ1) is 9.24. The standard InChI is InChI=1S/C15H20N2OS/c1-4-16-13(10-15-17-7-8-19-15)12-6-5-11(2)14(9-12)18-3/h5-9,13,16H,4,10H2,1-3H3. The van der Waals surface area contributed by atoms with Crippen LogP contribution < -0.4 is 10.1 Å². The lowest BCUT2D eigenvalue weighted by Crippen LogP contribution is -2.23. The molecular formula is C15H20N2OS. The molecule has 1 heterocycles. The van der Waals surface area contributed by atoms with Crippen molar-refractivity contribution in [2.75, 3.05) is 13.7 Å². The number of ether oxygens (including phenoxy) is 1. The zero-order valence-electron chi connectivity index (χ0n) is 11.6. The molecule has 0 saturated heterocycles. The van der Waals surface area contributed by atoms with Gasteiger partial charge >= 0.3 is 0 Å². The Morgan fingerprint density at radius 2 is 2.26 bits per heavy atom. The molecule has 0 spiro atoms. The highest BCUT2D eigenvalue weighted by Gasteiger charge is 2.14. The minimum absolute atomic E-state index is 0.283. The van der Waals surface area contributed by atoms with E-state index in [4.69, 9.17) is 4.74 Å². The van der Waals surface area contributed by atoms with E-state index in [9.17, 15) is 0 Å². The van der Waals surface area contributed by atoms with Crippen molar-refractivity contribution in [3.63, 3.8) is 0 Å². The molecule has 19 heavy (non-hydrogen) atoms. The Kier molecular flexibility index (Phi) is 4.93. The molecule has 0 aliphatic rings. The first-order valence-corrected chi connectivity index (χ1v) is 7.38. The van der Waals surface area contributed by atoms with Gasteiger partial charge in [-0.2, -0.15) is 0 Å². The average Bonchev–Trinajstić information content (AvgIpc) is 2.92. The molecule has 0 radical (unpaired) electrons. The molecular weight excluding hydrogens is 256 g/mol. The van der Waals surface area contributed by atoms with Crippen molar-refractivity contribution in [1.82, 2.24) is 10.3 Å². The number of thiazole rings is 1. The summed E-state index contributed by atoms with van der Waals surface area (Å²) in [6, 6.07) is 6.68. The van der Waals surface area contributed by atoms with E-state index in [0.717, 1.165) is 29.3 Å². The highest BCUT2D eigenvalue weighted by Crippen LogP contribution is 2.25. The lowest BCUT2D eigenvalue weighted by atomic mass is 10.0. The Morgan fingerprint density at radius 3 is 2.89 bits per heavy atom. The van der Waals surface area contributed by atoms with E-state index in [1.807, 2.05) is 11.6 Å². The van der Waals surface area contributed by atoms with Crippen LogP contribution >= 0.6 is 11.3 Å². The van der Waals surface area contributed by atoms with E-state index in [2.05, 4.69) is 42.3 Å². The summed E-state index contributed by atoms with van der Waals surface area (Å²) in [4.78, 5) is 4.37. The molecule has 1 aromatic carbocycles. The first-order valence-electron chi connectivity index (χ1n) is 6.51. The van der Waals surface area contributed by atoms with Gasteiger partial charge < -0.3 is 10.1 Å². The summed E-state index contributed by atoms with van der Waals surface area (Å²) < 4.78 is 5.41. The summed E-state index contributed by atoms with van der Waals surface area (Å²) in [7, 11) is 1.72. The van der Waals surface area contributed by atoms with Crippen LogP contribution in [0.2, 0.25) is 0 Å². The second-order valence-corrected chi connectivity index (χ2v) is 5.45. The third-order valence-corrected chi connectivity index (χ3v) is 3.95. The maximum absolute atomic E-state index is 5.41. The van der Waals surface area contributed by atoms with Gasteiger partial charge in [0.25, 0.3) is 0 Å². The molecule has 0 saturated carbocycles. The number of hydrogen-bond acceptors (Lipinski definition) is 4. The van der Waals surface area contributed by atoms with Crippen molar-refractivity contribution in [2.45, 2.75) is 26.3 Å². The van der Waals surface area contributed by atoms with Gasteiger partial charge in [-0.1, -0.05) is 19.1 Å². The number of methoxy groups -OCH3 is 1. The average molecular weight is 276 g/mol. The normalized spacial score (nSPS) is 12.4. The molecule has 102 valence electrons. The van der Waals surface area contributed by atoms with Gasteiger partial charge in [0.1, 0.15) is 5.75 Å². The fourth-order valence-electron chi connectivity index (χ4n) is 2.14.